The molecule has 0 amide bonds. The van der Waals surface area contributed by atoms with Gasteiger partial charge < -0.3 is 10.5 Å². The van der Waals surface area contributed by atoms with Crippen molar-refractivity contribution in [3.63, 3.8) is 0 Å². The summed E-state index contributed by atoms with van der Waals surface area (Å²) in [6.45, 7) is 2.44. The minimum atomic E-state index is 0.351. The molecule has 4 heteroatoms. The normalized spacial score (nSPS) is 11.7. The van der Waals surface area contributed by atoms with Crippen LogP contribution in [-0.4, -0.2) is 18.8 Å². The number of aldehydes is 2. The minimum Gasteiger partial charge on any atom is -0.404 e. The minimum absolute atomic E-state index is 0.351. The Bertz CT molecular complexity index is 491. The molecule has 1 rings (SSSR count). The van der Waals surface area contributed by atoms with E-state index in [0.29, 0.717) is 24.8 Å². The smallest absolute Gasteiger partial charge is 0.153 e. The summed E-state index contributed by atoms with van der Waals surface area (Å²) >= 11 is 0. The van der Waals surface area contributed by atoms with Crippen molar-refractivity contribution in [1.29, 1.82) is 0 Å². The van der Waals surface area contributed by atoms with Gasteiger partial charge >= 0.3 is 0 Å². The molecule has 0 fully saturated rings. The molecule has 4 nitrogen and oxygen atoms in total. The second-order valence-corrected chi connectivity index (χ2v) is 3.89. The lowest BCUT2D eigenvalue weighted by Gasteiger charge is -2.04. The second kappa shape index (κ2) is 7.17. The highest BCUT2D eigenvalue weighted by Crippen LogP contribution is 2.12. The van der Waals surface area contributed by atoms with E-state index < -0.39 is 0 Å². The molecule has 0 bridgehead atoms. The number of carbonyl (C=O) groups excluding carboxylic acids is 2. The van der Waals surface area contributed by atoms with Crippen LogP contribution in [0.5, 0.6) is 0 Å². The van der Waals surface area contributed by atoms with E-state index in [0.717, 1.165) is 23.0 Å². The lowest BCUT2D eigenvalue weighted by molar-refractivity contribution is -0.107. The molecule has 0 unspecified atom stereocenters. The van der Waals surface area contributed by atoms with Gasteiger partial charge in [-0.1, -0.05) is 18.2 Å². The average Bonchev–Trinajstić information content (AvgIpc) is 2.38. The molecule has 94 valence electrons. The van der Waals surface area contributed by atoms with Crippen LogP contribution in [0.4, 0.5) is 0 Å². The van der Waals surface area contributed by atoms with Gasteiger partial charge in [0, 0.05) is 24.4 Å². The van der Waals surface area contributed by atoms with Crippen LogP contribution in [0, 0.1) is 6.92 Å². The van der Waals surface area contributed by atoms with Crippen LogP contribution in [0.1, 0.15) is 16.7 Å². The van der Waals surface area contributed by atoms with Crippen molar-refractivity contribution in [2.75, 3.05) is 0 Å². The molecule has 0 aliphatic rings. The second-order valence-electron chi connectivity index (χ2n) is 3.89. The van der Waals surface area contributed by atoms with E-state index in [-0.39, 0.29) is 0 Å². The Morgan fingerprint density at radius 2 is 2.17 bits per heavy atom. The molecule has 0 radical (unpaired) electrons. The number of hydrogen-bond acceptors (Lipinski definition) is 4. The maximum absolute atomic E-state index is 10.5. The number of hydrogen-bond donors (Lipinski definition) is 1. The summed E-state index contributed by atoms with van der Waals surface area (Å²) in [4.78, 5) is 25.1. The van der Waals surface area contributed by atoms with Crippen molar-refractivity contribution >= 4 is 18.8 Å². The fourth-order valence-electron chi connectivity index (χ4n) is 1.54. The van der Waals surface area contributed by atoms with Crippen molar-refractivity contribution < 1.29 is 9.59 Å². The van der Waals surface area contributed by atoms with Gasteiger partial charge in [-0.15, -0.1) is 0 Å². The topological polar surface area (TPSA) is 72.5 Å². The Morgan fingerprint density at radius 3 is 2.72 bits per heavy atom. The Morgan fingerprint density at radius 1 is 1.39 bits per heavy atom. The third-order valence-electron chi connectivity index (χ3n) is 2.55. The van der Waals surface area contributed by atoms with Gasteiger partial charge in [0.15, 0.2) is 6.29 Å². The highest BCUT2D eigenvalue weighted by atomic mass is 16.1. The fraction of sp³-hybridized carbons (Fsp3) is 0.214. The monoisotopic (exact) mass is 244 g/mol. The maximum atomic E-state index is 10.5. The zero-order valence-electron chi connectivity index (χ0n) is 10.3. The summed E-state index contributed by atoms with van der Waals surface area (Å²) in [5.74, 6) is 0. The van der Waals surface area contributed by atoms with E-state index in [2.05, 4.69) is 4.99 Å². The molecular formula is C14H16N2O2. The van der Waals surface area contributed by atoms with Crippen LogP contribution in [-0.2, 0) is 22.6 Å². The van der Waals surface area contributed by atoms with Crippen LogP contribution in [0.25, 0.3) is 0 Å². The predicted octanol–water partition coefficient (Wildman–Crippen LogP) is 1.35. The van der Waals surface area contributed by atoms with Crippen molar-refractivity contribution in [2.45, 2.75) is 19.9 Å². The molecule has 0 heterocycles. The number of allylic oxidation sites excluding steroid dienone is 1. The van der Waals surface area contributed by atoms with Gasteiger partial charge in [0.1, 0.15) is 6.29 Å². The van der Waals surface area contributed by atoms with Gasteiger partial charge in [0.25, 0.3) is 0 Å². The third-order valence-corrected chi connectivity index (χ3v) is 2.55. The lowest BCUT2D eigenvalue weighted by Crippen LogP contribution is -1.94. The van der Waals surface area contributed by atoms with Gasteiger partial charge in [0.05, 0.1) is 6.54 Å². The molecule has 1 aromatic carbocycles. The maximum Gasteiger partial charge on any atom is 0.153 e. The summed E-state index contributed by atoms with van der Waals surface area (Å²) in [6.07, 6.45) is 4.64. The number of aryl methyl sites for hydroxylation is 1. The van der Waals surface area contributed by atoms with E-state index in [1.54, 1.807) is 0 Å². The van der Waals surface area contributed by atoms with Crippen molar-refractivity contribution in [3.05, 3.63) is 46.7 Å². The van der Waals surface area contributed by atoms with E-state index in [4.69, 9.17) is 5.73 Å². The molecule has 0 aliphatic carbocycles. The molecule has 0 saturated carbocycles. The Hall–Kier alpha value is -2.23. The van der Waals surface area contributed by atoms with Crippen molar-refractivity contribution in [3.8, 4) is 0 Å². The number of rotatable bonds is 6. The quantitative estimate of drug-likeness (QED) is 0.466. The molecule has 18 heavy (non-hydrogen) atoms. The molecule has 2 N–H and O–H groups in total. The molecular weight excluding hydrogens is 228 g/mol. The SMILES string of the molecule is Cc1cc(CN=C/C(C=O)=C\N)ccc1CC=O. The first-order chi connectivity index (χ1) is 8.71. The third kappa shape index (κ3) is 3.97. The van der Waals surface area contributed by atoms with Crippen molar-refractivity contribution in [1.82, 2.24) is 0 Å². The number of nitrogens with two attached hydrogens (primary N) is 1. The molecule has 0 spiro atoms. The summed E-state index contributed by atoms with van der Waals surface area (Å²) in [7, 11) is 0. The molecule has 0 saturated heterocycles. The Labute approximate surface area is 106 Å². The van der Waals surface area contributed by atoms with Gasteiger partial charge in [-0.2, -0.15) is 0 Å². The summed E-state index contributed by atoms with van der Waals surface area (Å²) in [6, 6.07) is 5.84. The van der Waals surface area contributed by atoms with Crippen LogP contribution in [0.15, 0.2) is 35.0 Å². The average molecular weight is 244 g/mol. The molecule has 1 aromatic rings. The Balaban J connectivity index is 2.72. The standard InChI is InChI=1S/C14H16N2O2/c1-11-6-12(2-3-14(11)4-5-17)8-16-9-13(7-15)10-18/h2-3,5-7,9-10H,4,8,15H2,1H3/b13-7+,16-9?. The van der Waals surface area contributed by atoms with Crippen LogP contribution in [0.2, 0.25) is 0 Å². The molecule has 0 aliphatic heterocycles. The van der Waals surface area contributed by atoms with Gasteiger partial charge in [-0.3, -0.25) is 9.79 Å². The number of carbonyl (C=O) groups is 2. The molecule has 0 aromatic heterocycles. The van der Waals surface area contributed by atoms with E-state index in [9.17, 15) is 9.59 Å². The first-order valence-corrected chi connectivity index (χ1v) is 5.60. The number of benzene rings is 1. The van der Waals surface area contributed by atoms with E-state index in [1.807, 2.05) is 25.1 Å². The van der Waals surface area contributed by atoms with Crippen LogP contribution in [0.3, 0.4) is 0 Å². The first-order valence-electron chi connectivity index (χ1n) is 5.60. The van der Waals surface area contributed by atoms with Gasteiger partial charge in [0.2, 0.25) is 0 Å². The van der Waals surface area contributed by atoms with E-state index in [1.165, 1.54) is 12.4 Å². The Kier molecular flexibility index (Phi) is 5.51. The number of nitrogens with zero attached hydrogens (tertiary/aromatic N) is 1. The zero-order chi connectivity index (χ0) is 13.4. The largest absolute Gasteiger partial charge is 0.404 e. The number of aliphatic imine (C=N–C) groups is 1. The lowest BCUT2D eigenvalue weighted by atomic mass is 10.0. The summed E-state index contributed by atoms with van der Waals surface area (Å²) in [5, 5.41) is 0. The molecule has 0 atom stereocenters. The first kappa shape index (κ1) is 13.8. The van der Waals surface area contributed by atoms with Gasteiger partial charge in [-0.05, 0) is 23.6 Å². The van der Waals surface area contributed by atoms with Crippen LogP contribution >= 0.6 is 0 Å². The predicted molar refractivity (Wildman–Crippen MR) is 71.5 cm³/mol. The van der Waals surface area contributed by atoms with Gasteiger partial charge in [-0.25, -0.2) is 0 Å². The van der Waals surface area contributed by atoms with Crippen molar-refractivity contribution in [2.24, 2.45) is 10.7 Å². The highest BCUT2D eigenvalue weighted by Gasteiger charge is 1.99. The fourth-order valence-corrected chi connectivity index (χ4v) is 1.54. The zero-order valence-corrected chi connectivity index (χ0v) is 10.3. The van der Waals surface area contributed by atoms with Crippen LogP contribution < -0.4 is 5.73 Å². The highest BCUT2D eigenvalue weighted by molar-refractivity contribution is 6.01. The van der Waals surface area contributed by atoms with E-state index >= 15 is 0 Å². The summed E-state index contributed by atoms with van der Waals surface area (Å²) in [5.41, 5.74) is 8.69. The summed E-state index contributed by atoms with van der Waals surface area (Å²) < 4.78 is 0.